The van der Waals surface area contributed by atoms with E-state index in [1.807, 2.05) is 54.6 Å². The van der Waals surface area contributed by atoms with E-state index in [1.54, 1.807) is 0 Å². The van der Waals surface area contributed by atoms with Gasteiger partial charge in [-0.15, -0.1) is 0 Å². The molecule has 2 heterocycles. The quantitative estimate of drug-likeness (QED) is 0.734. The second kappa shape index (κ2) is 5.59. The van der Waals surface area contributed by atoms with Crippen LogP contribution in [-0.2, 0) is 11.3 Å². The van der Waals surface area contributed by atoms with E-state index < -0.39 is 5.92 Å². The number of benzene rings is 2. The average Bonchev–Trinajstić information content (AvgIpc) is 2.93. The van der Waals surface area contributed by atoms with Gasteiger partial charge < -0.3 is 9.88 Å². The van der Waals surface area contributed by atoms with Crippen molar-refractivity contribution >= 4 is 39.7 Å². The molecule has 1 unspecified atom stereocenters. The molecule has 4 nitrogen and oxygen atoms in total. The fourth-order valence-electron chi connectivity index (χ4n) is 3.06. The van der Waals surface area contributed by atoms with Crippen molar-refractivity contribution in [3.8, 4) is 0 Å². The Balaban J connectivity index is 1.74. The first-order valence-electron chi connectivity index (χ1n) is 7.58. The number of aryl methyl sites for hydroxylation is 1. The van der Waals surface area contributed by atoms with Gasteiger partial charge in [0.2, 0.25) is 0 Å². The number of carbonyl (C=O) groups excluding carboxylic acids is 1. The van der Waals surface area contributed by atoms with Gasteiger partial charge in [-0.05, 0) is 24.3 Å². The predicted molar refractivity (Wildman–Crippen MR) is 94.8 cm³/mol. The fourth-order valence-corrected chi connectivity index (χ4v) is 3.41. The summed E-state index contributed by atoms with van der Waals surface area (Å²) in [6, 6.07) is 17.6. The molecule has 0 spiro atoms. The summed E-state index contributed by atoms with van der Waals surface area (Å²) in [5.41, 5.74) is 2.85. The van der Waals surface area contributed by atoms with Crippen LogP contribution in [0.15, 0.2) is 54.6 Å². The molecule has 5 heteroatoms. The summed E-state index contributed by atoms with van der Waals surface area (Å²) >= 11 is 5.53. The zero-order valence-corrected chi connectivity index (χ0v) is 13.2. The molecule has 1 aromatic heterocycles. The number of rotatable bonds is 2. The Hall–Kier alpha value is -2.53. The van der Waals surface area contributed by atoms with E-state index in [0.29, 0.717) is 18.0 Å². The second-order valence-electron chi connectivity index (χ2n) is 5.61. The first kappa shape index (κ1) is 14.1. The molecule has 0 saturated heterocycles. The Morgan fingerprint density at radius 2 is 1.87 bits per heavy atom. The Morgan fingerprint density at radius 3 is 2.70 bits per heavy atom. The minimum atomic E-state index is -0.480. The van der Waals surface area contributed by atoms with Crippen molar-refractivity contribution in [2.75, 3.05) is 5.32 Å². The Kier molecular flexibility index (Phi) is 3.42. The van der Waals surface area contributed by atoms with Crippen molar-refractivity contribution in [1.82, 2.24) is 9.55 Å². The third-order valence-corrected chi connectivity index (χ3v) is 4.49. The number of fused-ring (bicyclic) bond motifs is 3. The third kappa shape index (κ3) is 2.43. The molecule has 0 amide bonds. The van der Waals surface area contributed by atoms with E-state index in [-0.39, 0.29) is 5.78 Å². The zero-order chi connectivity index (χ0) is 15.8. The van der Waals surface area contributed by atoms with E-state index in [1.165, 1.54) is 0 Å². The molecule has 2 aromatic carbocycles. The van der Waals surface area contributed by atoms with Gasteiger partial charge in [0.25, 0.3) is 0 Å². The van der Waals surface area contributed by atoms with Crippen LogP contribution in [0, 0.1) is 0 Å². The number of nitrogens with zero attached hydrogens (tertiary/aromatic N) is 2. The van der Waals surface area contributed by atoms with Crippen molar-refractivity contribution < 1.29 is 4.79 Å². The number of hydrogen-bond acceptors (Lipinski definition) is 3. The number of thiocarbonyl (C=S) groups is 1. The summed E-state index contributed by atoms with van der Waals surface area (Å²) in [7, 11) is 0. The topological polar surface area (TPSA) is 46.9 Å². The molecule has 0 bridgehead atoms. The molecular formula is C18H15N3OS. The van der Waals surface area contributed by atoms with Gasteiger partial charge in [-0.3, -0.25) is 4.79 Å². The van der Waals surface area contributed by atoms with E-state index >= 15 is 0 Å². The number of para-hydroxylation sites is 3. The van der Waals surface area contributed by atoms with Crippen molar-refractivity contribution in [2.24, 2.45) is 0 Å². The molecular weight excluding hydrogens is 306 g/mol. The highest BCUT2D eigenvalue weighted by atomic mass is 32.1. The molecule has 114 valence electrons. The van der Waals surface area contributed by atoms with E-state index in [9.17, 15) is 4.79 Å². The molecule has 23 heavy (non-hydrogen) atoms. The van der Waals surface area contributed by atoms with Gasteiger partial charge >= 0.3 is 0 Å². The van der Waals surface area contributed by atoms with Crippen LogP contribution in [0.25, 0.3) is 11.0 Å². The van der Waals surface area contributed by atoms with Crippen LogP contribution in [0.1, 0.15) is 18.2 Å². The Labute approximate surface area is 139 Å². The highest BCUT2D eigenvalue weighted by Crippen LogP contribution is 2.30. The Morgan fingerprint density at radius 1 is 1.13 bits per heavy atom. The second-order valence-corrected chi connectivity index (χ2v) is 6.05. The Bertz CT molecular complexity index is 901. The van der Waals surface area contributed by atoms with Crippen LogP contribution in [-0.4, -0.2) is 20.3 Å². The molecule has 0 radical (unpaired) electrons. The first-order chi connectivity index (χ1) is 11.2. The summed E-state index contributed by atoms with van der Waals surface area (Å²) in [5, 5.41) is 3.18. The molecule has 1 N–H and O–H groups in total. The van der Waals surface area contributed by atoms with E-state index in [0.717, 1.165) is 22.5 Å². The van der Waals surface area contributed by atoms with Crippen LogP contribution in [0.4, 0.5) is 5.69 Å². The summed E-state index contributed by atoms with van der Waals surface area (Å²) in [6.45, 7) is 0.666. The highest BCUT2D eigenvalue weighted by molar-refractivity contribution is 7.80. The van der Waals surface area contributed by atoms with Crippen LogP contribution >= 0.6 is 12.2 Å². The average molecular weight is 321 g/mol. The normalized spacial score (nSPS) is 17.0. The number of carbonyl (C=O) groups is 1. The zero-order valence-electron chi connectivity index (χ0n) is 12.4. The van der Waals surface area contributed by atoms with Gasteiger partial charge in [0.1, 0.15) is 11.7 Å². The number of nitrogens with one attached hydrogen (secondary N) is 1. The lowest BCUT2D eigenvalue weighted by Crippen LogP contribution is -2.33. The van der Waals surface area contributed by atoms with Crippen LogP contribution in [0.2, 0.25) is 0 Å². The number of aromatic nitrogens is 2. The van der Waals surface area contributed by atoms with Crippen LogP contribution in [0.5, 0.6) is 0 Å². The van der Waals surface area contributed by atoms with Crippen LogP contribution < -0.4 is 5.32 Å². The molecule has 1 aliphatic heterocycles. The molecule has 1 aliphatic rings. The van der Waals surface area contributed by atoms with Gasteiger partial charge in [0.15, 0.2) is 5.78 Å². The van der Waals surface area contributed by atoms with Crippen molar-refractivity contribution in [2.45, 2.75) is 18.9 Å². The summed E-state index contributed by atoms with van der Waals surface area (Å²) in [6.07, 6.45) is 0.481. The maximum absolute atomic E-state index is 12.5. The van der Waals surface area contributed by atoms with Crippen molar-refractivity contribution in [1.29, 1.82) is 0 Å². The number of imidazole rings is 1. The van der Waals surface area contributed by atoms with Gasteiger partial charge in [-0.2, -0.15) is 0 Å². The largest absolute Gasteiger partial charge is 0.349 e. The predicted octanol–water partition coefficient (Wildman–Crippen LogP) is 3.53. The summed E-state index contributed by atoms with van der Waals surface area (Å²) in [5.74, 6) is 0.392. The van der Waals surface area contributed by atoms with Crippen molar-refractivity contribution in [3.63, 3.8) is 0 Å². The monoisotopic (exact) mass is 321 g/mol. The van der Waals surface area contributed by atoms with Gasteiger partial charge in [-0.25, -0.2) is 4.98 Å². The molecule has 0 saturated carbocycles. The smallest absolute Gasteiger partial charge is 0.152 e. The summed E-state index contributed by atoms with van der Waals surface area (Å²) < 4.78 is 2.11. The molecule has 1 atom stereocenters. The van der Waals surface area contributed by atoms with Gasteiger partial charge in [-0.1, -0.05) is 42.5 Å². The third-order valence-electron chi connectivity index (χ3n) is 4.15. The number of hydrogen-bond donors (Lipinski definition) is 1. The number of Topliss-reactive ketones (excluding diaryl/α,β-unsaturated/α-hetero) is 1. The number of ketones is 1. The minimum absolute atomic E-state index is 0.126. The van der Waals surface area contributed by atoms with Crippen LogP contribution in [0.3, 0.4) is 0 Å². The van der Waals surface area contributed by atoms with Gasteiger partial charge in [0, 0.05) is 18.7 Å². The fraction of sp³-hybridized carbons (Fsp3) is 0.167. The molecule has 0 aliphatic carbocycles. The maximum Gasteiger partial charge on any atom is 0.152 e. The molecule has 3 aromatic rings. The van der Waals surface area contributed by atoms with E-state index in [2.05, 4.69) is 14.9 Å². The van der Waals surface area contributed by atoms with E-state index in [4.69, 9.17) is 12.2 Å². The SMILES string of the molecule is O=C1CCn2c(nc3ccccc32)C1C(=S)Nc1ccccc1. The summed E-state index contributed by atoms with van der Waals surface area (Å²) in [4.78, 5) is 17.7. The lowest BCUT2D eigenvalue weighted by atomic mass is 9.97. The van der Waals surface area contributed by atoms with Crippen molar-refractivity contribution in [3.05, 3.63) is 60.4 Å². The molecule has 4 rings (SSSR count). The first-order valence-corrected chi connectivity index (χ1v) is 7.98. The lowest BCUT2D eigenvalue weighted by Gasteiger charge is -2.24. The minimum Gasteiger partial charge on any atom is -0.349 e. The highest BCUT2D eigenvalue weighted by Gasteiger charge is 2.34. The lowest BCUT2D eigenvalue weighted by molar-refractivity contribution is -0.120. The maximum atomic E-state index is 12.5. The van der Waals surface area contributed by atoms with Gasteiger partial charge in [0.05, 0.1) is 16.0 Å². The number of anilines is 1. The molecule has 0 fully saturated rings. The standard InChI is InChI=1S/C18H15N3OS/c22-15-10-11-21-14-9-5-4-8-13(14)20-17(21)16(15)18(23)19-12-6-2-1-3-7-12/h1-9,16H,10-11H2,(H,19,23).